The molecule has 0 fully saturated rings. The third-order valence-electron chi connectivity index (χ3n) is 3.69. The molecule has 0 saturated carbocycles. The van der Waals surface area contributed by atoms with Gasteiger partial charge in [-0.05, 0) is 25.5 Å². The number of benzene rings is 1. The summed E-state index contributed by atoms with van der Waals surface area (Å²) in [6.45, 7) is 0. The van der Waals surface area contributed by atoms with E-state index in [1.807, 2.05) is 30.3 Å². The number of methoxy groups -OCH3 is 1. The first-order valence-electron chi connectivity index (χ1n) is 7.81. The summed E-state index contributed by atoms with van der Waals surface area (Å²) in [7, 11) is 4.46. The molecule has 24 heavy (non-hydrogen) atoms. The second kappa shape index (κ2) is 10.4. The van der Waals surface area contributed by atoms with E-state index in [4.69, 9.17) is 4.74 Å². The summed E-state index contributed by atoms with van der Waals surface area (Å²) in [5, 5.41) is 8.09. The number of amides is 2. The van der Waals surface area contributed by atoms with Crippen molar-refractivity contribution in [2.45, 2.75) is 31.3 Å². The SMILES string of the molecule is CNC(=O)CC[C@H](NC(=O)[C@H](Cc1ccccc1)NC)C(=O)OC. The molecule has 0 aliphatic carbocycles. The summed E-state index contributed by atoms with van der Waals surface area (Å²) in [4.78, 5) is 35.6. The third kappa shape index (κ3) is 6.37. The molecule has 0 aromatic heterocycles. The van der Waals surface area contributed by atoms with Crippen molar-refractivity contribution in [1.82, 2.24) is 16.0 Å². The van der Waals surface area contributed by atoms with Crippen molar-refractivity contribution in [2.75, 3.05) is 21.2 Å². The number of carbonyl (C=O) groups excluding carboxylic acids is 3. The summed E-state index contributed by atoms with van der Waals surface area (Å²) in [5.74, 6) is -1.08. The number of rotatable bonds is 9. The fourth-order valence-electron chi connectivity index (χ4n) is 2.24. The van der Waals surface area contributed by atoms with Crippen LogP contribution in [0.4, 0.5) is 0 Å². The van der Waals surface area contributed by atoms with Crippen LogP contribution in [0.5, 0.6) is 0 Å². The molecule has 0 bridgehead atoms. The molecule has 2 atom stereocenters. The van der Waals surface area contributed by atoms with Crippen molar-refractivity contribution < 1.29 is 19.1 Å². The minimum absolute atomic E-state index is 0.124. The van der Waals surface area contributed by atoms with E-state index in [-0.39, 0.29) is 24.7 Å². The maximum absolute atomic E-state index is 12.4. The summed E-state index contributed by atoms with van der Waals surface area (Å²) in [6, 6.07) is 8.23. The Kier molecular flexibility index (Phi) is 8.49. The Labute approximate surface area is 142 Å². The summed E-state index contributed by atoms with van der Waals surface area (Å²) >= 11 is 0. The second-order valence-corrected chi connectivity index (χ2v) is 5.33. The third-order valence-corrected chi connectivity index (χ3v) is 3.69. The van der Waals surface area contributed by atoms with Crippen molar-refractivity contribution in [3.8, 4) is 0 Å². The molecule has 1 aromatic carbocycles. The smallest absolute Gasteiger partial charge is 0.328 e. The summed E-state index contributed by atoms with van der Waals surface area (Å²) in [5.41, 5.74) is 1.01. The maximum atomic E-state index is 12.4. The molecule has 3 N–H and O–H groups in total. The van der Waals surface area contributed by atoms with Gasteiger partial charge in [0.1, 0.15) is 6.04 Å². The van der Waals surface area contributed by atoms with Gasteiger partial charge in [0, 0.05) is 13.5 Å². The Bertz CT molecular complexity index is 548. The molecule has 0 saturated heterocycles. The number of likely N-dealkylation sites (N-methyl/N-ethyl adjacent to an activating group) is 1. The minimum atomic E-state index is -0.855. The molecule has 0 radical (unpaired) electrons. The van der Waals surface area contributed by atoms with E-state index in [0.29, 0.717) is 6.42 Å². The largest absolute Gasteiger partial charge is 0.467 e. The van der Waals surface area contributed by atoms with E-state index in [1.54, 1.807) is 7.05 Å². The van der Waals surface area contributed by atoms with Gasteiger partial charge < -0.3 is 20.7 Å². The summed E-state index contributed by atoms with van der Waals surface area (Å²) < 4.78 is 4.71. The van der Waals surface area contributed by atoms with E-state index >= 15 is 0 Å². The quantitative estimate of drug-likeness (QED) is 0.552. The predicted octanol–water partition coefficient (Wildman–Crippen LogP) is 0.00110. The van der Waals surface area contributed by atoms with Crippen molar-refractivity contribution in [1.29, 1.82) is 0 Å². The van der Waals surface area contributed by atoms with Gasteiger partial charge in [-0.1, -0.05) is 30.3 Å². The van der Waals surface area contributed by atoms with E-state index < -0.39 is 18.1 Å². The van der Waals surface area contributed by atoms with Gasteiger partial charge in [-0.15, -0.1) is 0 Å². The fraction of sp³-hybridized carbons (Fsp3) is 0.471. The first-order chi connectivity index (χ1) is 11.5. The second-order valence-electron chi connectivity index (χ2n) is 5.33. The number of hydrogen-bond acceptors (Lipinski definition) is 5. The highest BCUT2D eigenvalue weighted by Crippen LogP contribution is 2.05. The zero-order chi connectivity index (χ0) is 17.9. The van der Waals surface area contributed by atoms with Gasteiger partial charge in [-0.2, -0.15) is 0 Å². The van der Waals surface area contributed by atoms with Crippen molar-refractivity contribution in [3.63, 3.8) is 0 Å². The molecule has 132 valence electrons. The molecule has 0 unspecified atom stereocenters. The van der Waals surface area contributed by atoms with Crippen LogP contribution in [0.25, 0.3) is 0 Å². The van der Waals surface area contributed by atoms with Crippen LogP contribution in [0.15, 0.2) is 30.3 Å². The molecule has 7 heteroatoms. The predicted molar refractivity (Wildman–Crippen MR) is 90.2 cm³/mol. The van der Waals surface area contributed by atoms with Gasteiger partial charge in [0.05, 0.1) is 13.2 Å². The number of esters is 1. The Morgan fingerprint density at radius 2 is 1.75 bits per heavy atom. The Morgan fingerprint density at radius 1 is 1.08 bits per heavy atom. The molecule has 0 aliphatic rings. The molecule has 0 heterocycles. The van der Waals surface area contributed by atoms with Crippen LogP contribution < -0.4 is 16.0 Å². The lowest BCUT2D eigenvalue weighted by Crippen LogP contribution is -2.50. The van der Waals surface area contributed by atoms with Crippen molar-refractivity contribution in [2.24, 2.45) is 0 Å². The van der Waals surface area contributed by atoms with Gasteiger partial charge in [0.25, 0.3) is 0 Å². The molecule has 1 aromatic rings. The van der Waals surface area contributed by atoms with E-state index in [2.05, 4.69) is 16.0 Å². The molecular formula is C17H25N3O4. The molecule has 0 aliphatic heterocycles. The van der Waals surface area contributed by atoms with Gasteiger partial charge in [0.2, 0.25) is 11.8 Å². The monoisotopic (exact) mass is 335 g/mol. The van der Waals surface area contributed by atoms with Gasteiger partial charge in [-0.25, -0.2) is 4.79 Å². The lowest BCUT2D eigenvalue weighted by molar-refractivity contribution is -0.145. The zero-order valence-corrected chi connectivity index (χ0v) is 14.3. The van der Waals surface area contributed by atoms with Gasteiger partial charge >= 0.3 is 5.97 Å². The average Bonchev–Trinajstić information content (AvgIpc) is 2.62. The van der Waals surface area contributed by atoms with Gasteiger partial charge in [-0.3, -0.25) is 9.59 Å². The van der Waals surface area contributed by atoms with Crippen LogP contribution in [0.1, 0.15) is 18.4 Å². The maximum Gasteiger partial charge on any atom is 0.328 e. The molecule has 2 amide bonds. The number of nitrogens with one attached hydrogen (secondary N) is 3. The van der Waals surface area contributed by atoms with Crippen molar-refractivity contribution >= 4 is 17.8 Å². The van der Waals surface area contributed by atoms with E-state index in [0.717, 1.165) is 5.56 Å². The highest BCUT2D eigenvalue weighted by molar-refractivity contribution is 5.88. The lowest BCUT2D eigenvalue weighted by Gasteiger charge is -2.21. The van der Waals surface area contributed by atoms with E-state index in [9.17, 15) is 14.4 Å². The molecule has 7 nitrogen and oxygen atoms in total. The van der Waals surface area contributed by atoms with E-state index in [1.165, 1.54) is 14.2 Å². The fourth-order valence-corrected chi connectivity index (χ4v) is 2.24. The average molecular weight is 335 g/mol. The first-order valence-corrected chi connectivity index (χ1v) is 7.81. The highest BCUT2D eigenvalue weighted by Gasteiger charge is 2.26. The van der Waals surface area contributed by atoms with Crippen LogP contribution >= 0.6 is 0 Å². The van der Waals surface area contributed by atoms with Crippen LogP contribution in [0.3, 0.4) is 0 Å². The number of carbonyl (C=O) groups is 3. The number of hydrogen-bond donors (Lipinski definition) is 3. The Balaban J connectivity index is 2.69. The Morgan fingerprint density at radius 3 is 2.29 bits per heavy atom. The molecular weight excluding hydrogens is 310 g/mol. The first kappa shape index (κ1) is 19.6. The lowest BCUT2D eigenvalue weighted by atomic mass is 10.0. The summed E-state index contributed by atoms with van der Waals surface area (Å²) in [6.07, 6.45) is 0.797. The van der Waals surface area contributed by atoms with Crippen LogP contribution in [-0.2, 0) is 25.5 Å². The van der Waals surface area contributed by atoms with Gasteiger partial charge in [0.15, 0.2) is 0 Å². The topological polar surface area (TPSA) is 96.5 Å². The molecule has 1 rings (SSSR count). The van der Waals surface area contributed by atoms with Crippen LogP contribution in [-0.4, -0.2) is 51.1 Å². The minimum Gasteiger partial charge on any atom is -0.467 e. The van der Waals surface area contributed by atoms with Crippen LogP contribution in [0, 0.1) is 0 Å². The number of ether oxygens (including phenoxy) is 1. The standard InChI is InChI=1S/C17H25N3O4/c1-18-14(11-12-7-5-4-6-8-12)16(22)20-13(17(23)24-3)9-10-15(21)19-2/h4-8,13-14,18H,9-11H2,1-3H3,(H,19,21)(H,20,22)/t13-,14-/m0/s1. The molecule has 0 spiro atoms. The van der Waals surface area contributed by atoms with Crippen LogP contribution in [0.2, 0.25) is 0 Å². The zero-order valence-electron chi connectivity index (χ0n) is 14.3. The Hall–Kier alpha value is -2.41. The normalized spacial score (nSPS) is 12.8. The highest BCUT2D eigenvalue weighted by atomic mass is 16.5. The van der Waals surface area contributed by atoms with Crippen molar-refractivity contribution in [3.05, 3.63) is 35.9 Å².